The molecule has 0 aromatic carbocycles. The first kappa shape index (κ1) is 11.9. The number of amides is 1. The van der Waals surface area contributed by atoms with E-state index in [1.54, 1.807) is 13.0 Å². The Morgan fingerprint density at radius 2 is 2.47 bits per heavy atom. The molecule has 2 unspecified atom stereocenters. The molecule has 1 aromatic heterocycles. The average Bonchev–Trinajstić information content (AvgIpc) is 2.63. The van der Waals surface area contributed by atoms with Crippen LogP contribution >= 0.6 is 0 Å². The molecule has 0 spiro atoms. The molecule has 1 aromatic rings. The van der Waals surface area contributed by atoms with E-state index >= 15 is 0 Å². The van der Waals surface area contributed by atoms with Crippen molar-refractivity contribution in [3.63, 3.8) is 0 Å². The summed E-state index contributed by atoms with van der Waals surface area (Å²) >= 11 is 0. The van der Waals surface area contributed by atoms with Gasteiger partial charge in [0.05, 0.1) is 12.5 Å². The molecule has 1 aliphatic heterocycles. The number of rotatable bonds is 3. The molecule has 0 saturated carbocycles. The first-order chi connectivity index (χ1) is 8.04. The van der Waals surface area contributed by atoms with Crippen molar-refractivity contribution in [2.45, 2.75) is 19.4 Å². The van der Waals surface area contributed by atoms with E-state index in [1.165, 1.54) is 0 Å². The minimum atomic E-state index is -0.436. The third-order valence-corrected chi connectivity index (χ3v) is 2.69. The van der Waals surface area contributed by atoms with Gasteiger partial charge in [0.2, 0.25) is 5.91 Å². The van der Waals surface area contributed by atoms with Crippen LogP contribution in [0.4, 0.5) is 0 Å². The number of carbonyl (C=O) groups excluding carboxylic acids is 1. The summed E-state index contributed by atoms with van der Waals surface area (Å²) in [5, 5.41) is 14.2. The van der Waals surface area contributed by atoms with Crippen molar-refractivity contribution in [1.29, 1.82) is 0 Å². The number of piperidine rings is 1. The first-order valence-electron chi connectivity index (χ1n) is 5.37. The Morgan fingerprint density at radius 1 is 1.71 bits per heavy atom. The molecule has 0 aliphatic carbocycles. The molecule has 0 bridgehead atoms. The number of primary amides is 1. The maximum Gasteiger partial charge on any atom is 0.254 e. The second-order valence-corrected chi connectivity index (χ2v) is 4.22. The van der Waals surface area contributed by atoms with E-state index in [4.69, 9.17) is 15.0 Å². The van der Waals surface area contributed by atoms with Gasteiger partial charge in [-0.1, -0.05) is 0 Å². The number of hydrogen-bond donors (Lipinski definition) is 2. The molecule has 2 atom stereocenters. The van der Waals surface area contributed by atoms with Crippen molar-refractivity contribution >= 4 is 5.91 Å². The minimum Gasteiger partial charge on any atom is -0.471 e. The van der Waals surface area contributed by atoms with Gasteiger partial charge in [0.25, 0.3) is 5.88 Å². The van der Waals surface area contributed by atoms with Crippen molar-refractivity contribution in [3.05, 3.63) is 11.8 Å². The highest BCUT2D eigenvalue weighted by Crippen LogP contribution is 2.20. The summed E-state index contributed by atoms with van der Waals surface area (Å²) in [6, 6.07) is 1.65. The molecule has 7 heteroatoms. The SMILES string of the molecule is Cc1cc(OC2CC(C(N)=O)CN(O)C2)no1. The highest BCUT2D eigenvalue weighted by Gasteiger charge is 2.31. The van der Waals surface area contributed by atoms with Gasteiger partial charge in [0.15, 0.2) is 0 Å². The van der Waals surface area contributed by atoms with Crippen LogP contribution in [-0.2, 0) is 4.79 Å². The van der Waals surface area contributed by atoms with Crippen LogP contribution in [0.3, 0.4) is 0 Å². The lowest BCUT2D eigenvalue weighted by Crippen LogP contribution is -2.47. The second kappa shape index (κ2) is 4.72. The number of carbonyl (C=O) groups is 1. The van der Waals surface area contributed by atoms with E-state index in [9.17, 15) is 10.0 Å². The van der Waals surface area contributed by atoms with E-state index in [1.807, 2.05) is 0 Å². The van der Waals surface area contributed by atoms with Crippen molar-refractivity contribution in [2.24, 2.45) is 11.7 Å². The molecule has 2 rings (SSSR count). The van der Waals surface area contributed by atoms with E-state index < -0.39 is 11.8 Å². The van der Waals surface area contributed by atoms with Gasteiger partial charge in [-0.3, -0.25) is 4.79 Å². The zero-order chi connectivity index (χ0) is 12.4. The second-order valence-electron chi connectivity index (χ2n) is 4.22. The van der Waals surface area contributed by atoms with Gasteiger partial charge < -0.3 is 20.2 Å². The van der Waals surface area contributed by atoms with Crippen molar-refractivity contribution in [3.8, 4) is 5.88 Å². The standard InChI is InChI=1S/C10H15N3O4/c1-6-2-9(12-17-6)16-8-3-7(10(11)14)4-13(15)5-8/h2,7-8,15H,3-5H2,1H3,(H2,11,14). The summed E-state index contributed by atoms with van der Waals surface area (Å²) in [6.07, 6.45) is 0.147. The van der Waals surface area contributed by atoms with Crippen LogP contribution in [0.2, 0.25) is 0 Å². The largest absolute Gasteiger partial charge is 0.471 e. The van der Waals surface area contributed by atoms with Gasteiger partial charge in [0.1, 0.15) is 11.9 Å². The molecule has 1 amide bonds. The topological polar surface area (TPSA) is 102 Å². The van der Waals surface area contributed by atoms with Gasteiger partial charge in [-0.2, -0.15) is 5.06 Å². The maximum absolute atomic E-state index is 11.1. The number of hydroxylamine groups is 2. The molecule has 1 aliphatic rings. The van der Waals surface area contributed by atoms with E-state index in [-0.39, 0.29) is 12.6 Å². The minimum absolute atomic E-state index is 0.243. The van der Waals surface area contributed by atoms with Gasteiger partial charge in [-0.25, -0.2) is 0 Å². The molecule has 17 heavy (non-hydrogen) atoms. The fourth-order valence-corrected chi connectivity index (χ4v) is 1.89. The van der Waals surface area contributed by atoms with Gasteiger partial charge in [-0.15, -0.1) is 0 Å². The maximum atomic E-state index is 11.1. The van der Waals surface area contributed by atoms with Gasteiger partial charge in [-0.05, 0) is 18.5 Å². The molecule has 7 nitrogen and oxygen atoms in total. The third-order valence-electron chi connectivity index (χ3n) is 2.69. The first-order valence-corrected chi connectivity index (χ1v) is 5.37. The Kier molecular flexibility index (Phi) is 3.30. The third kappa shape index (κ3) is 2.95. The lowest BCUT2D eigenvalue weighted by Gasteiger charge is -2.32. The number of ether oxygens (including phenoxy) is 1. The molecule has 3 N–H and O–H groups in total. The molecule has 94 valence electrons. The number of hydrogen-bond acceptors (Lipinski definition) is 6. The fraction of sp³-hybridized carbons (Fsp3) is 0.600. The van der Waals surface area contributed by atoms with Crippen LogP contribution in [0.25, 0.3) is 0 Å². The van der Waals surface area contributed by atoms with Crippen molar-refractivity contribution in [2.75, 3.05) is 13.1 Å². The zero-order valence-electron chi connectivity index (χ0n) is 9.50. The summed E-state index contributed by atoms with van der Waals surface area (Å²) in [5.41, 5.74) is 5.22. The quantitative estimate of drug-likeness (QED) is 0.767. The molecule has 2 heterocycles. The van der Waals surface area contributed by atoms with E-state index in [0.29, 0.717) is 24.6 Å². The van der Waals surface area contributed by atoms with Crippen molar-refractivity contribution < 1.29 is 19.3 Å². The Morgan fingerprint density at radius 3 is 3.06 bits per heavy atom. The lowest BCUT2D eigenvalue weighted by atomic mass is 9.96. The van der Waals surface area contributed by atoms with Gasteiger partial charge >= 0.3 is 0 Å². The predicted molar refractivity (Wildman–Crippen MR) is 56.3 cm³/mol. The van der Waals surface area contributed by atoms with Crippen LogP contribution < -0.4 is 10.5 Å². The highest BCUT2D eigenvalue weighted by molar-refractivity contribution is 5.77. The smallest absolute Gasteiger partial charge is 0.254 e. The van der Waals surface area contributed by atoms with E-state index in [0.717, 1.165) is 5.06 Å². The van der Waals surface area contributed by atoms with Crippen LogP contribution in [0, 0.1) is 12.8 Å². The van der Waals surface area contributed by atoms with Crippen LogP contribution in [-0.4, -0.2) is 40.5 Å². The monoisotopic (exact) mass is 241 g/mol. The highest BCUT2D eigenvalue weighted by atomic mass is 16.6. The Labute approximate surface area is 98.1 Å². The molecule has 0 radical (unpaired) electrons. The van der Waals surface area contributed by atoms with Crippen LogP contribution in [0.5, 0.6) is 5.88 Å². The molecular formula is C10H15N3O4. The van der Waals surface area contributed by atoms with E-state index in [2.05, 4.69) is 5.16 Å². The summed E-state index contributed by atoms with van der Waals surface area (Å²) in [7, 11) is 0. The van der Waals surface area contributed by atoms with Crippen molar-refractivity contribution in [1.82, 2.24) is 10.2 Å². The average molecular weight is 241 g/mol. The molecule has 1 saturated heterocycles. The number of nitrogens with zero attached hydrogens (tertiary/aromatic N) is 2. The van der Waals surface area contributed by atoms with Crippen LogP contribution in [0.1, 0.15) is 12.2 Å². The Hall–Kier alpha value is -1.60. The van der Waals surface area contributed by atoms with Gasteiger partial charge in [0, 0.05) is 12.6 Å². The summed E-state index contributed by atoms with van der Waals surface area (Å²) in [6.45, 7) is 2.31. The summed E-state index contributed by atoms with van der Waals surface area (Å²) in [5.74, 6) is 0.148. The summed E-state index contributed by atoms with van der Waals surface area (Å²) in [4.78, 5) is 11.1. The number of aryl methyl sites for hydroxylation is 1. The Bertz CT molecular complexity index is 406. The normalized spacial score (nSPS) is 25.8. The fourth-order valence-electron chi connectivity index (χ4n) is 1.89. The Balaban J connectivity index is 1.98. The summed E-state index contributed by atoms with van der Waals surface area (Å²) < 4.78 is 10.4. The lowest BCUT2D eigenvalue weighted by molar-refractivity contribution is -0.154. The number of nitrogens with two attached hydrogens (primary N) is 1. The van der Waals surface area contributed by atoms with Crippen LogP contribution in [0.15, 0.2) is 10.6 Å². The number of aromatic nitrogens is 1. The zero-order valence-corrected chi connectivity index (χ0v) is 9.50. The molecular weight excluding hydrogens is 226 g/mol. The predicted octanol–water partition coefficient (Wildman–Crippen LogP) is -0.0732. The molecule has 1 fully saturated rings.